The van der Waals surface area contributed by atoms with Crippen molar-refractivity contribution >= 4 is 17.5 Å². The average molecular weight is 399 g/mol. The molecule has 4 rings (SSSR count). The van der Waals surface area contributed by atoms with Crippen LogP contribution in [0.4, 0.5) is 5.69 Å². The summed E-state index contributed by atoms with van der Waals surface area (Å²) in [5.41, 5.74) is 8.18. The van der Waals surface area contributed by atoms with E-state index in [1.54, 1.807) is 0 Å². The molecule has 2 aliphatic heterocycles. The predicted molar refractivity (Wildman–Crippen MR) is 114 cm³/mol. The van der Waals surface area contributed by atoms with Gasteiger partial charge in [0, 0.05) is 30.6 Å². The minimum Gasteiger partial charge on any atom is -0.326 e. The fraction of sp³-hybridized carbons (Fsp3) is 0.652. The number of fused-ring (bicyclic) bond motifs is 1. The molecule has 3 aliphatic rings. The van der Waals surface area contributed by atoms with Gasteiger partial charge >= 0.3 is 0 Å². The molecule has 0 bridgehead atoms. The lowest BCUT2D eigenvalue weighted by molar-refractivity contribution is -0.133. The van der Waals surface area contributed by atoms with Crippen molar-refractivity contribution < 1.29 is 9.59 Å². The Hall–Kier alpha value is -1.92. The molecule has 6 heteroatoms. The van der Waals surface area contributed by atoms with E-state index in [-0.39, 0.29) is 23.8 Å². The predicted octanol–water partition coefficient (Wildman–Crippen LogP) is 2.85. The summed E-state index contributed by atoms with van der Waals surface area (Å²) >= 11 is 0. The van der Waals surface area contributed by atoms with Crippen LogP contribution >= 0.6 is 0 Å². The van der Waals surface area contributed by atoms with Gasteiger partial charge in [0.15, 0.2) is 0 Å². The second kappa shape index (κ2) is 9.72. The third kappa shape index (κ3) is 5.37. The molecule has 3 fully saturated rings. The van der Waals surface area contributed by atoms with E-state index in [9.17, 15) is 9.59 Å². The van der Waals surface area contributed by atoms with Crippen molar-refractivity contribution in [1.82, 2.24) is 15.8 Å². The fourth-order valence-corrected chi connectivity index (χ4v) is 5.23. The topological polar surface area (TPSA) is 73.5 Å². The van der Waals surface area contributed by atoms with Crippen molar-refractivity contribution in [2.24, 2.45) is 11.8 Å². The zero-order chi connectivity index (χ0) is 20.1. The highest BCUT2D eigenvalue weighted by Crippen LogP contribution is 2.35. The molecule has 6 nitrogen and oxygen atoms in total. The van der Waals surface area contributed by atoms with Gasteiger partial charge in [-0.15, -0.1) is 0 Å². The maximum Gasteiger partial charge on any atom is 0.237 e. The maximum absolute atomic E-state index is 12.4. The molecule has 2 saturated heterocycles. The second-order valence-electron chi connectivity index (χ2n) is 8.90. The molecule has 158 valence electrons. The number of hydrazine groups is 1. The number of piperidine rings is 1. The SMILES string of the molecule is O=C(CCN1CCCCC1)Nc1cccc(CC2NNC(=O)C3CCCCC23)c1. The Morgan fingerprint density at radius 2 is 1.93 bits per heavy atom. The Balaban J connectivity index is 1.31. The summed E-state index contributed by atoms with van der Waals surface area (Å²) in [5.74, 6) is 0.789. The van der Waals surface area contributed by atoms with Gasteiger partial charge in [-0.05, 0) is 68.8 Å². The first-order valence-corrected chi connectivity index (χ1v) is 11.4. The summed E-state index contributed by atoms with van der Waals surface area (Å²) in [5, 5.41) is 3.07. The molecule has 3 unspecified atom stereocenters. The molecule has 1 aromatic rings. The standard InChI is InChI=1S/C23H34N4O2/c28-22(11-14-27-12-4-1-5-13-27)24-18-8-6-7-17(15-18)16-21-19-9-2-3-10-20(19)23(29)26-25-21/h6-8,15,19-21,25H,1-5,9-14,16H2,(H,24,28)(H,26,29). The van der Waals surface area contributed by atoms with Crippen LogP contribution in [0.15, 0.2) is 24.3 Å². The summed E-state index contributed by atoms with van der Waals surface area (Å²) in [6.45, 7) is 3.09. The highest BCUT2D eigenvalue weighted by Gasteiger charge is 2.39. The largest absolute Gasteiger partial charge is 0.326 e. The van der Waals surface area contributed by atoms with Crippen molar-refractivity contribution in [2.45, 2.75) is 63.8 Å². The van der Waals surface area contributed by atoms with E-state index in [1.165, 1.54) is 31.2 Å². The quantitative estimate of drug-likeness (QED) is 0.689. The lowest BCUT2D eigenvalue weighted by Gasteiger charge is -2.41. The number of rotatable bonds is 6. The third-order valence-corrected chi connectivity index (χ3v) is 6.82. The summed E-state index contributed by atoms with van der Waals surface area (Å²) in [7, 11) is 0. The molecule has 1 saturated carbocycles. The normalized spacial score (nSPS) is 27.7. The van der Waals surface area contributed by atoms with Crippen LogP contribution in [0.5, 0.6) is 0 Å². The van der Waals surface area contributed by atoms with E-state index in [1.807, 2.05) is 12.1 Å². The summed E-state index contributed by atoms with van der Waals surface area (Å²) in [6.07, 6.45) is 9.70. The van der Waals surface area contributed by atoms with Crippen LogP contribution in [0, 0.1) is 11.8 Å². The van der Waals surface area contributed by atoms with Gasteiger partial charge in [-0.25, -0.2) is 5.43 Å². The number of likely N-dealkylation sites (tertiary alicyclic amines) is 1. The first-order chi connectivity index (χ1) is 14.2. The smallest absolute Gasteiger partial charge is 0.237 e. The summed E-state index contributed by atoms with van der Waals surface area (Å²) < 4.78 is 0. The molecule has 1 aromatic carbocycles. The number of amides is 2. The summed E-state index contributed by atoms with van der Waals surface area (Å²) in [6, 6.07) is 8.41. The number of carbonyl (C=O) groups excluding carboxylic acids is 2. The van der Waals surface area contributed by atoms with Crippen molar-refractivity contribution in [1.29, 1.82) is 0 Å². The van der Waals surface area contributed by atoms with E-state index in [0.29, 0.717) is 12.3 Å². The molecule has 29 heavy (non-hydrogen) atoms. The summed E-state index contributed by atoms with van der Waals surface area (Å²) in [4.78, 5) is 26.9. The molecule has 1 aliphatic carbocycles. The molecular weight excluding hydrogens is 364 g/mol. The minimum atomic E-state index is 0.0862. The Morgan fingerprint density at radius 1 is 1.10 bits per heavy atom. The van der Waals surface area contributed by atoms with Crippen molar-refractivity contribution in [3.05, 3.63) is 29.8 Å². The molecule has 3 atom stereocenters. The Kier molecular flexibility index (Phi) is 6.82. The van der Waals surface area contributed by atoms with Gasteiger partial charge in [-0.2, -0.15) is 0 Å². The minimum absolute atomic E-state index is 0.0862. The maximum atomic E-state index is 12.4. The molecule has 0 aromatic heterocycles. The highest BCUT2D eigenvalue weighted by atomic mass is 16.2. The second-order valence-corrected chi connectivity index (χ2v) is 8.90. The molecule has 2 heterocycles. The van der Waals surface area contributed by atoms with E-state index < -0.39 is 0 Å². The lowest BCUT2D eigenvalue weighted by atomic mass is 9.72. The number of hydrogen-bond acceptors (Lipinski definition) is 4. The zero-order valence-corrected chi connectivity index (χ0v) is 17.3. The average Bonchev–Trinajstić information content (AvgIpc) is 2.75. The Morgan fingerprint density at radius 3 is 2.79 bits per heavy atom. The van der Waals surface area contributed by atoms with E-state index in [2.05, 4.69) is 33.2 Å². The Labute approximate surface area is 173 Å². The van der Waals surface area contributed by atoms with Gasteiger partial charge in [0.05, 0.1) is 0 Å². The van der Waals surface area contributed by atoms with Crippen LogP contribution in [0.3, 0.4) is 0 Å². The van der Waals surface area contributed by atoms with Gasteiger partial charge in [0.2, 0.25) is 11.8 Å². The number of benzene rings is 1. The number of anilines is 1. The highest BCUT2D eigenvalue weighted by molar-refractivity contribution is 5.90. The van der Waals surface area contributed by atoms with E-state index in [0.717, 1.165) is 51.0 Å². The van der Waals surface area contributed by atoms with E-state index in [4.69, 9.17) is 0 Å². The van der Waals surface area contributed by atoms with Crippen LogP contribution in [-0.2, 0) is 16.0 Å². The van der Waals surface area contributed by atoms with Gasteiger partial charge in [0.1, 0.15) is 0 Å². The number of carbonyl (C=O) groups is 2. The van der Waals surface area contributed by atoms with Crippen LogP contribution in [-0.4, -0.2) is 42.4 Å². The molecule has 3 N–H and O–H groups in total. The lowest BCUT2D eigenvalue weighted by Crippen LogP contribution is -2.60. The van der Waals surface area contributed by atoms with Crippen LogP contribution in [0.2, 0.25) is 0 Å². The van der Waals surface area contributed by atoms with Crippen LogP contribution in [0.1, 0.15) is 56.9 Å². The molecule has 0 radical (unpaired) electrons. The first kappa shape index (κ1) is 20.4. The number of nitrogens with zero attached hydrogens (tertiary/aromatic N) is 1. The van der Waals surface area contributed by atoms with E-state index >= 15 is 0 Å². The zero-order valence-electron chi connectivity index (χ0n) is 17.3. The van der Waals surface area contributed by atoms with Crippen LogP contribution < -0.4 is 16.2 Å². The van der Waals surface area contributed by atoms with Crippen LogP contribution in [0.25, 0.3) is 0 Å². The molecular formula is C23H34N4O2. The third-order valence-electron chi connectivity index (χ3n) is 6.82. The monoisotopic (exact) mass is 398 g/mol. The number of hydrogen-bond donors (Lipinski definition) is 3. The van der Waals surface area contributed by atoms with Crippen molar-refractivity contribution in [3.8, 4) is 0 Å². The van der Waals surface area contributed by atoms with Crippen molar-refractivity contribution in [3.63, 3.8) is 0 Å². The van der Waals surface area contributed by atoms with Gasteiger partial charge < -0.3 is 10.2 Å². The molecule has 0 spiro atoms. The van der Waals surface area contributed by atoms with Gasteiger partial charge in [-0.3, -0.25) is 15.0 Å². The first-order valence-electron chi connectivity index (χ1n) is 11.4. The molecule has 2 amide bonds. The Bertz CT molecular complexity index is 717. The fourth-order valence-electron chi connectivity index (χ4n) is 5.23. The number of nitrogens with one attached hydrogen (secondary N) is 3. The van der Waals surface area contributed by atoms with Gasteiger partial charge in [-0.1, -0.05) is 31.4 Å². The van der Waals surface area contributed by atoms with Gasteiger partial charge in [0.25, 0.3) is 0 Å². The van der Waals surface area contributed by atoms with Crippen molar-refractivity contribution in [2.75, 3.05) is 25.0 Å².